The van der Waals surface area contributed by atoms with E-state index in [-0.39, 0.29) is 23.4 Å². The number of carbonyl (C=O) groups excluding carboxylic acids is 1. The Hall–Kier alpha value is -4.39. The van der Waals surface area contributed by atoms with Gasteiger partial charge in [-0.15, -0.1) is 0 Å². The average molecular weight is 621 g/mol. The Morgan fingerprint density at radius 1 is 1.02 bits per heavy atom. The predicted octanol–water partition coefficient (Wildman–Crippen LogP) is 5.96. The Bertz CT molecular complexity index is 1830. The minimum absolute atomic E-state index is 0.191. The third-order valence-electron chi connectivity index (χ3n) is 6.12. The lowest BCUT2D eigenvalue weighted by atomic mass is 10.1. The Labute approximate surface area is 252 Å². The van der Waals surface area contributed by atoms with Gasteiger partial charge in [0.1, 0.15) is 16.4 Å². The zero-order valence-electron chi connectivity index (χ0n) is 22.8. The molecule has 3 aromatic heterocycles. The molecule has 0 aliphatic rings. The summed E-state index contributed by atoms with van der Waals surface area (Å²) in [5.74, 6) is 0.594. The number of carbonyl (C=O) groups is 1. The molecule has 0 atom stereocenters. The maximum Gasteiger partial charge on any atom is 0.270 e. The molecule has 5 rings (SSSR count). The number of aromatic nitrogens is 4. The van der Waals surface area contributed by atoms with Gasteiger partial charge in [-0.25, -0.2) is 23.4 Å². The molecule has 0 saturated heterocycles. The van der Waals surface area contributed by atoms with Crippen LogP contribution in [0.3, 0.4) is 0 Å². The number of nitrogens with one attached hydrogen (secondary N) is 1. The molecule has 0 radical (unpaired) electrons. The van der Waals surface area contributed by atoms with Gasteiger partial charge in [-0.1, -0.05) is 53.3 Å². The van der Waals surface area contributed by atoms with Crippen molar-refractivity contribution in [3.63, 3.8) is 0 Å². The highest BCUT2D eigenvalue weighted by Crippen LogP contribution is 2.34. The first kappa shape index (κ1) is 29.1. The topological polar surface area (TPSA) is 127 Å². The first-order valence-electron chi connectivity index (χ1n) is 12.6. The van der Waals surface area contributed by atoms with E-state index in [1.165, 1.54) is 6.20 Å². The summed E-state index contributed by atoms with van der Waals surface area (Å²) in [5.41, 5.74) is 3.11. The van der Waals surface area contributed by atoms with Crippen molar-refractivity contribution in [3.8, 4) is 17.1 Å². The molecule has 0 aliphatic carbocycles. The van der Waals surface area contributed by atoms with Gasteiger partial charge in [-0.05, 0) is 48.4 Å². The van der Waals surface area contributed by atoms with Crippen molar-refractivity contribution in [1.29, 1.82) is 0 Å². The number of halogens is 1. The number of hydrogen-bond donors (Lipinski definition) is 1. The SMILES string of the molecule is COc1ccc(CN(C(=O)c2cnc(Nc3cc(-c4ccccn4)nc(S(C)(=O)=O)n3)s2)c2c(C)cccc2Cl)cc1. The molecule has 1 amide bonds. The number of ether oxygens (including phenoxy) is 1. The monoisotopic (exact) mass is 620 g/mol. The van der Waals surface area contributed by atoms with Crippen LogP contribution in [0.25, 0.3) is 11.4 Å². The van der Waals surface area contributed by atoms with Gasteiger partial charge in [-0.3, -0.25) is 9.78 Å². The molecule has 1 N–H and O–H groups in total. The Balaban J connectivity index is 1.47. The van der Waals surface area contributed by atoms with Crippen LogP contribution < -0.4 is 15.0 Å². The standard InChI is InChI=1S/C29H25ClN6O4S2/c1-18-7-6-8-21(30)26(18)36(17-19-10-12-20(40-2)13-11-19)27(37)24-16-32-28(41-24)34-25-15-23(22-9-4-5-14-31-22)33-29(35-25)42(3,38)39/h4-16H,17H2,1-3H3,(H,32,33,34,35). The van der Waals surface area contributed by atoms with E-state index in [0.29, 0.717) is 37.9 Å². The van der Waals surface area contributed by atoms with Gasteiger partial charge in [0.05, 0.1) is 41.9 Å². The number of pyridine rings is 1. The summed E-state index contributed by atoms with van der Waals surface area (Å²) in [6, 6.07) is 19.7. The summed E-state index contributed by atoms with van der Waals surface area (Å²) in [7, 11) is -2.14. The molecule has 0 spiro atoms. The first-order chi connectivity index (χ1) is 20.1. The van der Waals surface area contributed by atoms with Crippen LogP contribution in [0.1, 0.15) is 20.8 Å². The van der Waals surface area contributed by atoms with Crippen LogP contribution in [0.4, 0.5) is 16.6 Å². The van der Waals surface area contributed by atoms with Crippen molar-refractivity contribution >= 4 is 55.3 Å². The summed E-state index contributed by atoms with van der Waals surface area (Å²) in [6.45, 7) is 2.15. The molecule has 0 fully saturated rings. The van der Waals surface area contributed by atoms with Gasteiger partial charge < -0.3 is 15.0 Å². The van der Waals surface area contributed by atoms with Crippen molar-refractivity contribution < 1.29 is 17.9 Å². The van der Waals surface area contributed by atoms with Gasteiger partial charge in [0.2, 0.25) is 15.0 Å². The molecule has 0 saturated carbocycles. The fourth-order valence-electron chi connectivity index (χ4n) is 4.10. The predicted molar refractivity (Wildman–Crippen MR) is 163 cm³/mol. The summed E-state index contributed by atoms with van der Waals surface area (Å²) < 4.78 is 29.9. The molecule has 10 nitrogen and oxygen atoms in total. The van der Waals surface area contributed by atoms with Gasteiger partial charge in [-0.2, -0.15) is 0 Å². The lowest BCUT2D eigenvalue weighted by Crippen LogP contribution is -2.30. The highest BCUT2D eigenvalue weighted by atomic mass is 35.5. The third-order valence-corrected chi connectivity index (χ3v) is 8.17. The molecule has 2 aromatic carbocycles. The number of hydrogen-bond acceptors (Lipinski definition) is 10. The average Bonchev–Trinajstić information content (AvgIpc) is 3.44. The number of para-hydroxylation sites is 1. The first-order valence-corrected chi connectivity index (χ1v) is 15.6. The van der Waals surface area contributed by atoms with Crippen molar-refractivity contribution in [2.24, 2.45) is 0 Å². The molecule has 214 valence electrons. The molecule has 3 heterocycles. The van der Waals surface area contributed by atoms with Crippen LogP contribution in [0.2, 0.25) is 5.02 Å². The van der Waals surface area contributed by atoms with Crippen LogP contribution >= 0.6 is 22.9 Å². The number of thiazole rings is 1. The minimum Gasteiger partial charge on any atom is -0.497 e. The number of nitrogens with zero attached hydrogens (tertiary/aromatic N) is 5. The molecular weight excluding hydrogens is 596 g/mol. The summed E-state index contributed by atoms with van der Waals surface area (Å²) >= 11 is 7.69. The van der Waals surface area contributed by atoms with Crippen LogP contribution in [0.15, 0.2) is 84.3 Å². The number of methoxy groups -OCH3 is 1. The quantitative estimate of drug-likeness (QED) is 0.199. The minimum atomic E-state index is -3.73. The number of aryl methyl sites for hydroxylation is 1. The van der Waals surface area contributed by atoms with E-state index in [4.69, 9.17) is 16.3 Å². The van der Waals surface area contributed by atoms with Crippen LogP contribution in [-0.4, -0.2) is 47.6 Å². The number of benzene rings is 2. The zero-order valence-corrected chi connectivity index (χ0v) is 25.2. The van der Waals surface area contributed by atoms with E-state index in [1.807, 2.05) is 43.3 Å². The Kier molecular flexibility index (Phi) is 8.48. The second-order valence-electron chi connectivity index (χ2n) is 9.21. The van der Waals surface area contributed by atoms with Gasteiger partial charge >= 0.3 is 0 Å². The van der Waals surface area contributed by atoms with Crippen LogP contribution in [0, 0.1) is 6.92 Å². The molecule has 0 unspecified atom stereocenters. The van der Waals surface area contributed by atoms with E-state index in [2.05, 4.69) is 25.3 Å². The van der Waals surface area contributed by atoms with Crippen molar-refractivity contribution in [2.75, 3.05) is 23.6 Å². The van der Waals surface area contributed by atoms with Crippen LogP contribution in [0.5, 0.6) is 5.75 Å². The fraction of sp³-hybridized carbons (Fsp3) is 0.138. The third kappa shape index (κ3) is 6.56. The van der Waals surface area contributed by atoms with Gasteiger partial charge in [0.15, 0.2) is 5.13 Å². The second-order valence-corrected chi connectivity index (χ2v) is 12.6. The zero-order chi connectivity index (χ0) is 29.9. The summed E-state index contributed by atoms with van der Waals surface area (Å²) in [5, 5.41) is 3.44. The van der Waals surface area contributed by atoms with E-state index in [0.717, 1.165) is 28.7 Å². The Morgan fingerprint density at radius 3 is 2.48 bits per heavy atom. The van der Waals surface area contributed by atoms with E-state index >= 15 is 0 Å². The molecule has 0 aliphatic heterocycles. The van der Waals surface area contributed by atoms with Crippen molar-refractivity contribution in [1.82, 2.24) is 19.9 Å². The van der Waals surface area contributed by atoms with E-state index < -0.39 is 9.84 Å². The maximum atomic E-state index is 13.9. The fourth-order valence-corrected chi connectivity index (χ4v) is 5.73. The van der Waals surface area contributed by atoms with Crippen LogP contribution in [-0.2, 0) is 16.4 Å². The number of anilines is 3. The molecular formula is C29H25ClN6O4S2. The Morgan fingerprint density at radius 2 is 1.81 bits per heavy atom. The van der Waals surface area contributed by atoms with Gasteiger partial charge in [0.25, 0.3) is 5.91 Å². The van der Waals surface area contributed by atoms with E-state index in [1.54, 1.807) is 48.5 Å². The molecule has 42 heavy (non-hydrogen) atoms. The lowest BCUT2D eigenvalue weighted by Gasteiger charge is -2.25. The normalized spacial score (nSPS) is 11.2. The van der Waals surface area contributed by atoms with Gasteiger partial charge in [0, 0.05) is 18.5 Å². The van der Waals surface area contributed by atoms with E-state index in [9.17, 15) is 13.2 Å². The summed E-state index contributed by atoms with van der Waals surface area (Å²) in [6.07, 6.45) is 4.07. The second kappa shape index (κ2) is 12.2. The highest BCUT2D eigenvalue weighted by molar-refractivity contribution is 7.90. The summed E-state index contributed by atoms with van der Waals surface area (Å²) in [4.78, 5) is 32.9. The molecule has 5 aromatic rings. The maximum absolute atomic E-state index is 13.9. The number of rotatable bonds is 9. The molecule has 13 heteroatoms. The lowest BCUT2D eigenvalue weighted by molar-refractivity contribution is 0.0988. The molecule has 0 bridgehead atoms. The number of sulfone groups is 1. The largest absolute Gasteiger partial charge is 0.497 e. The highest BCUT2D eigenvalue weighted by Gasteiger charge is 2.25. The number of amides is 1. The van der Waals surface area contributed by atoms with Crippen molar-refractivity contribution in [3.05, 3.63) is 100 Å². The van der Waals surface area contributed by atoms with Crippen molar-refractivity contribution in [2.45, 2.75) is 18.6 Å². The smallest absolute Gasteiger partial charge is 0.270 e.